The van der Waals surface area contributed by atoms with Gasteiger partial charge < -0.3 is 20.7 Å². The summed E-state index contributed by atoms with van der Waals surface area (Å²) in [6, 6.07) is 5.30. The SMILES string of the molecule is CCCNC(=O)c1nn(CC)cc1NC(=O)C1(C)Oc2ccc(C)cc2NC1=O. The fourth-order valence-electron chi connectivity index (χ4n) is 2.89. The highest BCUT2D eigenvalue weighted by Gasteiger charge is 2.47. The van der Waals surface area contributed by atoms with E-state index >= 15 is 0 Å². The number of carbonyl (C=O) groups excluding carboxylic acids is 3. The second-order valence-electron chi connectivity index (χ2n) is 7.05. The summed E-state index contributed by atoms with van der Waals surface area (Å²) in [5.74, 6) is -1.28. The van der Waals surface area contributed by atoms with Gasteiger partial charge in [-0.3, -0.25) is 19.1 Å². The van der Waals surface area contributed by atoms with Crippen LogP contribution in [0.15, 0.2) is 24.4 Å². The van der Waals surface area contributed by atoms with Gasteiger partial charge in [-0.15, -0.1) is 0 Å². The number of anilines is 2. The minimum Gasteiger partial charge on any atom is -0.466 e. The molecular weight excluding hydrogens is 374 g/mol. The van der Waals surface area contributed by atoms with E-state index in [0.29, 0.717) is 24.5 Å². The van der Waals surface area contributed by atoms with E-state index in [1.54, 1.807) is 23.0 Å². The second kappa shape index (κ2) is 7.94. The van der Waals surface area contributed by atoms with Crippen molar-refractivity contribution in [3.63, 3.8) is 0 Å². The summed E-state index contributed by atoms with van der Waals surface area (Å²) in [5, 5.41) is 12.3. The van der Waals surface area contributed by atoms with Gasteiger partial charge in [-0.1, -0.05) is 13.0 Å². The van der Waals surface area contributed by atoms with Crippen LogP contribution in [-0.4, -0.2) is 39.6 Å². The van der Waals surface area contributed by atoms with Crippen LogP contribution in [0, 0.1) is 6.92 Å². The third-order valence-corrected chi connectivity index (χ3v) is 4.65. The zero-order chi connectivity index (χ0) is 21.2. The maximum Gasteiger partial charge on any atom is 0.278 e. The van der Waals surface area contributed by atoms with Crippen molar-refractivity contribution in [2.75, 3.05) is 17.2 Å². The van der Waals surface area contributed by atoms with E-state index in [4.69, 9.17) is 4.74 Å². The van der Waals surface area contributed by atoms with E-state index in [-0.39, 0.29) is 11.4 Å². The summed E-state index contributed by atoms with van der Waals surface area (Å²) in [6.45, 7) is 8.09. The molecular formula is C20H25N5O4. The number of aromatic nitrogens is 2. The van der Waals surface area contributed by atoms with Crippen LogP contribution in [0.25, 0.3) is 0 Å². The van der Waals surface area contributed by atoms with E-state index in [1.807, 2.05) is 26.8 Å². The van der Waals surface area contributed by atoms with Crippen molar-refractivity contribution >= 4 is 29.1 Å². The molecule has 0 spiro atoms. The van der Waals surface area contributed by atoms with Gasteiger partial charge in [0.1, 0.15) is 5.75 Å². The van der Waals surface area contributed by atoms with Gasteiger partial charge in [0.15, 0.2) is 5.69 Å². The fourth-order valence-corrected chi connectivity index (χ4v) is 2.89. The smallest absolute Gasteiger partial charge is 0.278 e. The summed E-state index contributed by atoms with van der Waals surface area (Å²) >= 11 is 0. The number of ether oxygens (including phenoxy) is 1. The second-order valence-corrected chi connectivity index (χ2v) is 7.05. The van der Waals surface area contributed by atoms with Crippen molar-refractivity contribution in [1.29, 1.82) is 0 Å². The molecule has 9 heteroatoms. The average molecular weight is 399 g/mol. The lowest BCUT2D eigenvalue weighted by Crippen LogP contribution is -2.56. The molecule has 2 aromatic rings. The van der Waals surface area contributed by atoms with Gasteiger partial charge in [-0.05, 0) is 44.9 Å². The molecule has 3 amide bonds. The van der Waals surface area contributed by atoms with Crippen LogP contribution < -0.4 is 20.7 Å². The molecule has 0 radical (unpaired) electrons. The minimum absolute atomic E-state index is 0.0875. The van der Waals surface area contributed by atoms with Gasteiger partial charge in [0.25, 0.3) is 23.3 Å². The summed E-state index contributed by atoms with van der Waals surface area (Å²) in [4.78, 5) is 38.0. The first-order valence-corrected chi connectivity index (χ1v) is 9.56. The van der Waals surface area contributed by atoms with Crippen molar-refractivity contribution in [3.8, 4) is 5.75 Å². The fraction of sp³-hybridized carbons (Fsp3) is 0.400. The molecule has 0 aliphatic carbocycles. The Labute approximate surface area is 168 Å². The number of amides is 3. The summed E-state index contributed by atoms with van der Waals surface area (Å²) in [6.07, 6.45) is 2.33. The van der Waals surface area contributed by atoms with Crippen molar-refractivity contribution in [2.45, 2.75) is 46.3 Å². The van der Waals surface area contributed by atoms with E-state index < -0.39 is 23.3 Å². The van der Waals surface area contributed by atoms with Crippen molar-refractivity contribution in [2.24, 2.45) is 0 Å². The normalized spacial score (nSPS) is 17.7. The molecule has 1 aliphatic heterocycles. The number of fused-ring (bicyclic) bond motifs is 1. The number of rotatable bonds is 6. The summed E-state index contributed by atoms with van der Waals surface area (Å²) < 4.78 is 7.31. The van der Waals surface area contributed by atoms with E-state index in [2.05, 4.69) is 21.0 Å². The van der Waals surface area contributed by atoms with Crippen molar-refractivity contribution in [1.82, 2.24) is 15.1 Å². The number of hydrogen-bond acceptors (Lipinski definition) is 5. The zero-order valence-corrected chi connectivity index (χ0v) is 17.0. The molecule has 154 valence electrons. The zero-order valence-electron chi connectivity index (χ0n) is 17.0. The maximum absolute atomic E-state index is 13.0. The van der Waals surface area contributed by atoms with Gasteiger partial charge in [0.2, 0.25) is 0 Å². The lowest BCUT2D eigenvalue weighted by molar-refractivity contribution is -0.143. The molecule has 2 heterocycles. The molecule has 1 aromatic carbocycles. The van der Waals surface area contributed by atoms with Gasteiger partial charge >= 0.3 is 0 Å². The van der Waals surface area contributed by atoms with E-state index in [9.17, 15) is 14.4 Å². The minimum atomic E-state index is -1.80. The first-order chi connectivity index (χ1) is 13.8. The number of nitrogens with one attached hydrogen (secondary N) is 3. The summed E-state index contributed by atoms with van der Waals surface area (Å²) in [5.41, 5.74) is -0.0234. The Balaban J connectivity index is 1.86. The van der Waals surface area contributed by atoms with Crippen molar-refractivity contribution in [3.05, 3.63) is 35.7 Å². The largest absolute Gasteiger partial charge is 0.466 e. The molecule has 0 saturated carbocycles. The summed E-state index contributed by atoms with van der Waals surface area (Å²) in [7, 11) is 0. The molecule has 1 aliphatic rings. The molecule has 1 unspecified atom stereocenters. The van der Waals surface area contributed by atoms with Crippen LogP contribution in [0.4, 0.5) is 11.4 Å². The van der Waals surface area contributed by atoms with Crippen LogP contribution >= 0.6 is 0 Å². The van der Waals surface area contributed by atoms with Gasteiger partial charge in [0.05, 0.1) is 11.4 Å². The predicted molar refractivity (Wildman–Crippen MR) is 108 cm³/mol. The molecule has 0 saturated heterocycles. The predicted octanol–water partition coefficient (Wildman–Crippen LogP) is 2.08. The monoisotopic (exact) mass is 399 g/mol. The third-order valence-electron chi connectivity index (χ3n) is 4.65. The number of benzene rings is 1. The number of nitrogens with zero attached hydrogens (tertiary/aromatic N) is 2. The Bertz CT molecular complexity index is 968. The molecule has 1 aromatic heterocycles. The Morgan fingerprint density at radius 3 is 2.76 bits per heavy atom. The Morgan fingerprint density at radius 2 is 2.07 bits per heavy atom. The lowest BCUT2D eigenvalue weighted by atomic mass is 10.0. The molecule has 29 heavy (non-hydrogen) atoms. The van der Waals surface area contributed by atoms with Crippen LogP contribution in [0.2, 0.25) is 0 Å². The van der Waals surface area contributed by atoms with Crippen LogP contribution in [0.3, 0.4) is 0 Å². The quantitative estimate of drug-likeness (QED) is 0.644. The first kappa shape index (κ1) is 20.4. The standard InChI is InChI=1S/C20H25N5O4/c1-5-9-21-17(26)16-14(11-25(6-2)24-16)23-19(28)20(4)18(27)22-13-10-12(3)7-8-15(13)29-20/h7-8,10-11H,5-6,9H2,1-4H3,(H,21,26)(H,22,27)(H,23,28). The van der Waals surface area contributed by atoms with E-state index in [0.717, 1.165) is 12.0 Å². The first-order valence-electron chi connectivity index (χ1n) is 9.56. The Kier molecular flexibility index (Phi) is 5.58. The number of carbonyl (C=O) groups is 3. The van der Waals surface area contributed by atoms with Crippen LogP contribution in [0.1, 0.15) is 43.2 Å². The Hall–Kier alpha value is -3.36. The van der Waals surface area contributed by atoms with Gasteiger partial charge in [0, 0.05) is 19.3 Å². The highest BCUT2D eigenvalue weighted by Crippen LogP contribution is 2.35. The highest BCUT2D eigenvalue weighted by atomic mass is 16.5. The number of hydrogen-bond donors (Lipinski definition) is 3. The van der Waals surface area contributed by atoms with Gasteiger partial charge in [-0.25, -0.2) is 0 Å². The molecule has 1 atom stereocenters. The maximum atomic E-state index is 13.0. The topological polar surface area (TPSA) is 114 Å². The Morgan fingerprint density at radius 1 is 1.31 bits per heavy atom. The molecule has 3 N–H and O–H groups in total. The molecule has 9 nitrogen and oxygen atoms in total. The average Bonchev–Trinajstić information content (AvgIpc) is 3.10. The highest BCUT2D eigenvalue weighted by molar-refractivity contribution is 6.19. The van der Waals surface area contributed by atoms with Crippen molar-refractivity contribution < 1.29 is 19.1 Å². The molecule has 0 bridgehead atoms. The molecule has 0 fully saturated rings. The van der Waals surface area contributed by atoms with Crippen LogP contribution in [0.5, 0.6) is 5.75 Å². The molecule has 3 rings (SSSR count). The lowest BCUT2D eigenvalue weighted by Gasteiger charge is -2.33. The van der Waals surface area contributed by atoms with Gasteiger partial charge in [-0.2, -0.15) is 5.10 Å². The van der Waals surface area contributed by atoms with Crippen LogP contribution in [-0.2, 0) is 16.1 Å². The third kappa shape index (κ3) is 3.94. The number of aryl methyl sites for hydroxylation is 2. The van der Waals surface area contributed by atoms with E-state index in [1.165, 1.54) is 6.92 Å².